The van der Waals surface area contributed by atoms with Gasteiger partial charge in [0.25, 0.3) is 0 Å². The van der Waals surface area contributed by atoms with Crippen LogP contribution in [0.25, 0.3) is 0 Å². The van der Waals surface area contributed by atoms with Gasteiger partial charge in [-0.1, -0.05) is 27.7 Å². The number of nitrogens with two attached hydrogens (primary N) is 1. The van der Waals surface area contributed by atoms with E-state index in [1.54, 1.807) is 0 Å². The number of hydrogen-bond acceptors (Lipinski definition) is 4. The molecule has 0 radical (unpaired) electrons. The van der Waals surface area contributed by atoms with E-state index in [4.69, 9.17) is 17.3 Å². The molecule has 0 aliphatic heterocycles. The summed E-state index contributed by atoms with van der Waals surface area (Å²) in [5.41, 5.74) is 5.92. The molecule has 2 N–H and O–H groups in total. The Morgan fingerprint density at radius 3 is 2.00 bits per heavy atom. The van der Waals surface area contributed by atoms with E-state index in [1.165, 1.54) is 0 Å². The van der Waals surface area contributed by atoms with E-state index in [9.17, 15) is 0 Å². The first kappa shape index (κ1) is 10.6. The minimum absolute atomic E-state index is 0.177. The van der Waals surface area contributed by atoms with Crippen molar-refractivity contribution in [2.45, 2.75) is 33.6 Å². The van der Waals surface area contributed by atoms with E-state index in [0.29, 0.717) is 11.7 Å². The highest BCUT2D eigenvalue weighted by molar-refractivity contribution is 6.28. The number of anilines is 1. The van der Waals surface area contributed by atoms with Crippen molar-refractivity contribution < 1.29 is 0 Å². The Hall–Kier alpha value is -0.900. The van der Waals surface area contributed by atoms with Gasteiger partial charge in [-0.2, -0.15) is 9.97 Å². The number of nitrogen functional groups attached to an aromatic ring is 1. The quantitative estimate of drug-likeness (QED) is 0.798. The highest BCUT2D eigenvalue weighted by Gasteiger charge is 2.66. The Balaban J connectivity index is 2.41. The van der Waals surface area contributed by atoms with E-state index in [2.05, 4.69) is 42.6 Å². The molecule has 0 atom stereocenters. The van der Waals surface area contributed by atoms with Crippen molar-refractivity contribution in [3.63, 3.8) is 0 Å². The molecule has 0 amide bonds. The monoisotopic (exact) mass is 226 g/mol. The Kier molecular flexibility index (Phi) is 1.99. The Bertz CT molecular complexity index is 380. The van der Waals surface area contributed by atoms with Crippen LogP contribution in [0.2, 0.25) is 5.28 Å². The number of rotatable bonds is 1. The SMILES string of the molecule is CC1(C)C(c2nc(N)nc(Cl)n2)C1(C)C. The molecule has 82 valence electrons. The normalized spacial score (nSPS) is 22.7. The minimum atomic E-state index is 0.177. The van der Waals surface area contributed by atoms with Crippen LogP contribution in [0.4, 0.5) is 5.95 Å². The topological polar surface area (TPSA) is 64.7 Å². The Labute approximate surface area is 94.3 Å². The van der Waals surface area contributed by atoms with Crippen LogP contribution >= 0.6 is 11.6 Å². The van der Waals surface area contributed by atoms with E-state index in [0.717, 1.165) is 0 Å². The molecule has 0 spiro atoms. The van der Waals surface area contributed by atoms with Crippen LogP contribution in [0.15, 0.2) is 0 Å². The fraction of sp³-hybridized carbons (Fsp3) is 0.700. The third-order valence-corrected chi connectivity index (χ3v) is 4.09. The van der Waals surface area contributed by atoms with Crippen molar-refractivity contribution in [3.05, 3.63) is 11.1 Å². The second kappa shape index (κ2) is 2.82. The van der Waals surface area contributed by atoms with Gasteiger partial charge in [-0.3, -0.25) is 0 Å². The van der Waals surface area contributed by atoms with E-state index in [-0.39, 0.29) is 22.1 Å². The molecule has 0 saturated heterocycles. The van der Waals surface area contributed by atoms with Gasteiger partial charge in [0.1, 0.15) is 5.82 Å². The average Bonchev–Trinajstić information content (AvgIpc) is 2.39. The molecular weight excluding hydrogens is 212 g/mol. The number of hydrogen-bond donors (Lipinski definition) is 1. The Morgan fingerprint density at radius 1 is 1.07 bits per heavy atom. The molecule has 1 aromatic rings. The van der Waals surface area contributed by atoms with Gasteiger partial charge in [-0.05, 0) is 22.4 Å². The third kappa shape index (κ3) is 1.39. The molecule has 1 aliphatic rings. The first-order valence-electron chi connectivity index (χ1n) is 4.94. The van der Waals surface area contributed by atoms with Crippen LogP contribution in [0.1, 0.15) is 39.4 Å². The molecule has 0 unspecified atom stereocenters. The molecule has 1 heterocycles. The molecule has 5 heteroatoms. The maximum Gasteiger partial charge on any atom is 0.227 e. The minimum Gasteiger partial charge on any atom is -0.368 e. The lowest BCUT2D eigenvalue weighted by molar-refractivity contribution is 0.457. The van der Waals surface area contributed by atoms with Gasteiger partial charge in [0.2, 0.25) is 11.2 Å². The van der Waals surface area contributed by atoms with E-state index < -0.39 is 0 Å². The van der Waals surface area contributed by atoms with Crippen LogP contribution in [-0.2, 0) is 0 Å². The third-order valence-electron chi connectivity index (χ3n) is 3.92. The zero-order valence-electron chi connectivity index (χ0n) is 9.37. The standard InChI is InChI=1S/C10H15ClN4/c1-9(2)5(10(9,3)4)6-13-7(11)15-8(12)14-6/h5H,1-4H3,(H2,12,13,14,15). The second-order valence-corrected chi connectivity index (χ2v) is 5.54. The van der Waals surface area contributed by atoms with Crippen molar-refractivity contribution in [2.24, 2.45) is 10.8 Å². The predicted molar refractivity (Wildman–Crippen MR) is 59.6 cm³/mol. The van der Waals surface area contributed by atoms with Gasteiger partial charge >= 0.3 is 0 Å². The first-order chi connectivity index (χ1) is 6.76. The molecule has 1 aromatic heterocycles. The summed E-state index contributed by atoms with van der Waals surface area (Å²) in [6.07, 6.45) is 0. The highest BCUT2D eigenvalue weighted by Crippen LogP contribution is 2.72. The summed E-state index contributed by atoms with van der Waals surface area (Å²) in [6.45, 7) is 8.80. The van der Waals surface area contributed by atoms with Crippen LogP contribution < -0.4 is 5.73 Å². The molecule has 0 bridgehead atoms. The fourth-order valence-corrected chi connectivity index (χ4v) is 2.53. The van der Waals surface area contributed by atoms with Gasteiger partial charge in [0.15, 0.2) is 0 Å². The summed E-state index contributed by atoms with van der Waals surface area (Å²) in [4.78, 5) is 12.1. The largest absolute Gasteiger partial charge is 0.368 e. The Morgan fingerprint density at radius 2 is 1.60 bits per heavy atom. The summed E-state index contributed by atoms with van der Waals surface area (Å²) >= 11 is 5.77. The molecule has 1 aliphatic carbocycles. The molecular formula is C10H15ClN4. The van der Waals surface area contributed by atoms with Gasteiger partial charge < -0.3 is 5.73 Å². The van der Waals surface area contributed by atoms with Crippen LogP contribution in [0.3, 0.4) is 0 Å². The molecule has 2 rings (SSSR count). The summed E-state index contributed by atoms with van der Waals surface area (Å²) in [6, 6.07) is 0. The van der Waals surface area contributed by atoms with Gasteiger partial charge in [-0.25, -0.2) is 4.98 Å². The van der Waals surface area contributed by atoms with Crippen molar-refractivity contribution in [2.75, 3.05) is 5.73 Å². The zero-order valence-corrected chi connectivity index (χ0v) is 10.1. The average molecular weight is 227 g/mol. The molecule has 1 saturated carbocycles. The van der Waals surface area contributed by atoms with Gasteiger partial charge in [0, 0.05) is 5.92 Å². The molecule has 4 nitrogen and oxygen atoms in total. The van der Waals surface area contributed by atoms with Crippen LogP contribution in [-0.4, -0.2) is 15.0 Å². The molecule has 1 fully saturated rings. The highest BCUT2D eigenvalue weighted by atomic mass is 35.5. The van der Waals surface area contributed by atoms with Crippen molar-refractivity contribution in [3.8, 4) is 0 Å². The maximum atomic E-state index is 5.77. The summed E-state index contributed by atoms with van der Waals surface area (Å²) < 4.78 is 0. The summed E-state index contributed by atoms with van der Waals surface area (Å²) in [5, 5.41) is 0.177. The summed E-state index contributed by atoms with van der Waals surface area (Å²) in [7, 11) is 0. The number of halogens is 1. The van der Waals surface area contributed by atoms with Crippen molar-refractivity contribution in [1.82, 2.24) is 15.0 Å². The lowest BCUT2D eigenvalue weighted by atomic mass is 10.0. The van der Waals surface area contributed by atoms with Crippen molar-refractivity contribution in [1.29, 1.82) is 0 Å². The van der Waals surface area contributed by atoms with Gasteiger partial charge in [-0.15, -0.1) is 0 Å². The lowest BCUT2D eigenvalue weighted by Crippen LogP contribution is -2.04. The van der Waals surface area contributed by atoms with Crippen LogP contribution in [0, 0.1) is 10.8 Å². The molecule has 15 heavy (non-hydrogen) atoms. The predicted octanol–water partition coefficient (Wildman–Crippen LogP) is 2.26. The fourth-order valence-electron chi connectivity index (χ4n) is 2.35. The maximum absolute atomic E-state index is 5.77. The van der Waals surface area contributed by atoms with Crippen molar-refractivity contribution >= 4 is 17.5 Å². The van der Waals surface area contributed by atoms with Gasteiger partial charge in [0.05, 0.1) is 0 Å². The smallest absolute Gasteiger partial charge is 0.227 e. The summed E-state index contributed by atoms with van der Waals surface area (Å²) in [5.74, 6) is 1.21. The molecule has 0 aromatic carbocycles. The number of aromatic nitrogens is 3. The van der Waals surface area contributed by atoms with Crippen LogP contribution in [0.5, 0.6) is 0 Å². The lowest BCUT2D eigenvalue weighted by Gasteiger charge is -2.03. The van der Waals surface area contributed by atoms with E-state index in [1.807, 2.05) is 0 Å². The second-order valence-electron chi connectivity index (χ2n) is 5.20. The van der Waals surface area contributed by atoms with E-state index >= 15 is 0 Å². The zero-order chi connectivity index (χ0) is 11.4. The number of nitrogens with zero attached hydrogens (tertiary/aromatic N) is 3. The first-order valence-corrected chi connectivity index (χ1v) is 5.31.